The van der Waals surface area contributed by atoms with Crippen molar-refractivity contribution in [2.45, 2.75) is 96.9 Å². The first kappa shape index (κ1) is 70.0. The number of hydrogen-bond donors (Lipinski definition) is 2. The van der Waals surface area contributed by atoms with Crippen molar-refractivity contribution in [3.05, 3.63) is 197 Å². The van der Waals surface area contributed by atoms with E-state index in [1.54, 1.807) is 40.1 Å². The molecule has 0 aliphatic heterocycles. The van der Waals surface area contributed by atoms with Crippen LogP contribution in [0.3, 0.4) is 0 Å². The van der Waals surface area contributed by atoms with E-state index in [9.17, 15) is 19.2 Å². The van der Waals surface area contributed by atoms with E-state index in [-0.39, 0.29) is 87.9 Å². The first-order chi connectivity index (χ1) is 28.8. The molecule has 0 saturated carbocycles. The molecule has 0 saturated heterocycles. The van der Waals surface area contributed by atoms with Crippen LogP contribution < -0.4 is 28.2 Å². The minimum absolute atomic E-state index is 0. The van der Waals surface area contributed by atoms with Gasteiger partial charge in [-0.3, -0.25) is 18.7 Å². The molecule has 10 nitrogen and oxygen atoms in total. The van der Waals surface area contributed by atoms with Crippen molar-refractivity contribution in [3.8, 4) is 11.4 Å². The predicted octanol–water partition coefficient (Wildman–Crippen LogP) is 8.78. The van der Waals surface area contributed by atoms with Gasteiger partial charge in [-0.2, -0.15) is 120 Å². The molecule has 0 aliphatic carbocycles. The summed E-state index contributed by atoms with van der Waals surface area (Å²) in [4.78, 5) is 48.3. The summed E-state index contributed by atoms with van der Waals surface area (Å²) in [5.41, 5.74) is 9.42. The molecule has 4 aromatic carbocycles. The summed E-state index contributed by atoms with van der Waals surface area (Å²) in [5.74, 6) is 0. The molecule has 2 heterocycles. The van der Waals surface area contributed by atoms with Crippen LogP contribution in [-0.4, -0.2) is 37.5 Å². The average Bonchev–Trinajstić information content (AvgIpc) is 3.29. The fourth-order valence-electron chi connectivity index (χ4n) is 4.55. The largest absolute Gasteiger partial charge is 0.400 e. The first-order valence-electron chi connectivity index (χ1n) is 20.3. The number of benzene rings is 4. The number of hydrogen-bond acceptors (Lipinski definition) is 6. The van der Waals surface area contributed by atoms with Gasteiger partial charge in [0.05, 0.1) is 0 Å². The number of aliphatic hydroxyl groups excluding tert-OH is 1. The number of aliphatic hydroxyl groups is 1. The molecule has 2 aromatic heterocycles. The summed E-state index contributed by atoms with van der Waals surface area (Å²) in [6, 6.07) is 41.1. The van der Waals surface area contributed by atoms with Crippen molar-refractivity contribution < 1.29 is 70.5 Å². The zero-order valence-electron chi connectivity index (χ0n) is 40.8. The average molecular weight is 1000 g/mol. The number of nitrogens with zero attached hydrogens (tertiary/aromatic N) is 4. The Balaban J connectivity index is -0.000000165. The molecule has 338 valence electrons. The van der Waals surface area contributed by atoms with Crippen molar-refractivity contribution in [2.24, 2.45) is 19.8 Å². The smallest absolute Gasteiger partial charge is 0.324 e. The summed E-state index contributed by atoms with van der Waals surface area (Å²) >= 11 is 0. The van der Waals surface area contributed by atoms with Gasteiger partial charge in [-0.25, -0.2) is 9.59 Å². The molecular formula is C50H73N5O5Y2-4. The van der Waals surface area contributed by atoms with E-state index < -0.39 is 0 Å². The van der Waals surface area contributed by atoms with Gasteiger partial charge in [-0.15, -0.1) is 11.1 Å². The van der Waals surface area contributed by atoms with E-state index in [0.29, 0.717) is 22.8 Å². The van der Waals surface area contributed by atoms with Crippen LogP contribution in [0, 0.1) is 65.8 Å². The topological polar surface area (TPSA) is 134 Å². The van der Waals surface area contributed by atoms with Gasteiger partial charge < -0.3 is 20.0 Å². The number of aryl methyl sites for hydroxylation is 6. The third-order valence-corrected chi connectivity index (χ3v) is 7.36. The van der Waals surface area contributed by atoms with Gasteiger partial charge in [0.15, 0.2) is 0 Å². The second-order valence-corrected chi connectivity index (χ2v) is 11.1. The molecule has 62 heavy (non-hydrogen) atoms. The summed E-state index contributed by atoms with van der Waals surface area (Å²) < 4.78 is 5.28. The van der Waals surface area contributed by atoms with E-state index in [1.165, 1.54) is 37.4 Å². The Labute approximate surface area is 424 Å². The zero-order chi connectivity index (χ0) is 47.4. The van der Waals surface area contributed by atoms with Gasteiger partial charge in [-0.05, 0) is 20.9 Å². The van der Waals surface area contributed by atoms with Crippen LogP contribution in [0.15, 0.2) is 116 Å². The number of nitrogens with two attached hydrogens (primary N) is 1. The Morgan fingerprint density at radius 3 is 0.919 bits per heavy atom. The monoisotopic (exact) mass is 1000 g/mol. The Morgan fingerprint density at radius 1 is 0.468 bits per heavy atom. The Bertz CT molecular complexity index is 2000. The predicted molar refractivity (Wildman–Crippen MR) is 255 cm³/mol. The molecule has 12 heteroatoms. The minimum Gasteiger partial charge on any atom is -0.400 e. The molecule has 0 bridgehead atoms. The summed E-state index contributed by atoms with van der Waals surface area (Å²) in [6.07, 6.45) is 0. The molecule has 0 spiro atoms. The Hall–Kier alpha value is -3.63. The molecule has 6 rings (SSSR count). The molecule has 0 amide bonds. The third-order valence-electron chi connectivity index (χ3n) is 7.36. The fourth-order valence-corrected chi connectivity index (χ4v) is 4.55. The summed E-state index contributed by atoms with van der Waals surface area (Å²) in [7, 11) is 5.81. The normalized spacial score (nSPS) is 8.32. The van der Waals surface area contributed by atoms with E-state index in [4.69, 9.17) is 5.11 Å². The SMILES string of the molecule is CC.CC.CC.CC.CN.CO.Cc1[c-]cc(-n2c(=O)cc(C)n(C)c2=O)c(C)c1.Cc1[c-]cc(-n2c(=O)cc(C)n(C)c2=O)c(C)c1.[Y].[Y].[c-]1ccccc1.[c-]1ccccc1. The van der Waals surface area contributed by atoms with Gasteiger partial charge in [0, 0.05) is 110 Å². The van der Waals surface area contributed by atoms with Crippen LogP contribution in [0.5, 0.6) is 0 Å². The van der Waals surface area contributed by atoms with Crippen molar-refractivity contribution >= 4 is 0 Å². The van der Waals surface area contributed by atoms with Gasteiger partial charge in [-0.1, -0.05) is 94.5 Å². The molecule has 0 fully saturated rings. The van der Waals surface area contributed by atoms with E-state index >= 15 is 0 Å². The molecule has 0 aliphatic rings. The quantitative estimate of drug-likeness (QED) is 0.167. The van der Waals surface area contributed by atoms with E-state index in [0.717, 1.165) is 29.4 Å². The minimum atomic E-state index is -0.333. The molecular weight excluding hydrogens is 928 g/mol. The Morgan fingerprint density at radius 2 is 0.726 bits per heavy atom. The molecule has 6 aromatic rings. The van der Waals surface area contributed by atoms with Crippen LogP contribution in [0.4, 0.5) is 0 Å². The number of rotatable bonds is 2. The van der Waals surface area contributed by atoms with Crippen molar-refractivity contribution in [1.82, 2.24) is 18.3 Å². The first-order valence-corrected chi connectivity index (χ1v) is 20.3. The van der Waals surface area contributed by atoms with Crippen LogP contribution in [-0.2, 0) is 79.5 Å². The Kier molecular flexibility index (Phi) is 49.7. The molecule has 0 atom stereocenters. The van der Waals surface area contributed by atoms with Gasteiger partial charge >= 0.3 is 11.4 Å². The molecule has 2 radical (unpaired) electrons. The molecule has 0 unspecified atom stereocenters. The standard InChI is InChI=1S/2C14H15N2O2.2C6H5.4C2H6.CH5N.CH4O.2Y/c2*1-9-5-6-12(10(2)7-9)16-13(17)8-11(3)15(4)14(16)18;2*1-2-4-6-5-3-1;6*1-2;;/h2*6-8H,1-4H3;2*1-5H;4*1-2H3;2H2,1H3;2H,1H3;;/q4*-1;;;;;;;;. The maximum Gasteiger partial charge on any atom is 0.324 e. The third kappa shape index (κ3) is 25.5. The van der Waals surface area contributed by atoms with Crippen LogP contribution in [0.1, 0.15) is 89.0 Å². The maximum atomic E-state index is 12.2. The van der Waals surface area contributed by atoms with Crippen molar-refractivity contribution in [3.63, 3.8) is 0 Å². The van der Waals surface area contributed by atoms with Crippen LogP contribution >= 0.6 is 0 Å². The van der Waals surface area contributed by atoms with Gasteiger partial charge in [0.1, 0.15) is 0 Å². The zero-order valence-corrected chi connectivity index (χ0v) is 46.5. The van der Waals surface area contributed by atoms with Crippen molar-refractivity contribution in [1.29, 1.82) is 0 Å². The number of aromatic nitrogens is 4. The summed E-state index contributed by atoms with van der Waals surface area (Å²) in [6.45, 7) is 27.1. The fraction of sp³-hybridized carbons (Fsp3) is 0.360. The van der Waals surface area contributed by atoms with Gasteiger partial charge in [0.25, 0.3) is 0 Å². The van der Waals surface area contributed by atoms with E-state index in [1.807, 2.05) is 156 Å². The van der Waals surface area contributed by atoms with Crippen LogP contribution in [0.2, 0.25) is 0 Å². The second kappa shape index (κ2) is 44.0. The molecule has 3 N–H and O–H groups in total. The van der Waals surface area contributed by atoms with Crippen molar-refractivity contribution in [2.75, 3.05) is 14.2 Å². The summed E-state index contributed by atoms with van der Waals surface area (Å²) in [5, 5.41) is 7.00. The second-order valence-electron chi connectivity index (χ2n) is 11.1. The maximum absolute atomic E-state index is 12.2. The van der Waals surface area contributed by atoms with E-state index in [2.05, 4.69) is 30.0 Å². The van der Waals surface area contributed by atoms with Crippen LogP contribution in [0.25, 0.3) is 11.4 Å². The van der Waals surface area contributed by atoms with Gasteiger partial charge in [0.2, 0.25) is 11.1 Å².